The second-order valence-corrected chi connectivity index (χ2v) is 15.0. The highest BCUT2D eigenvalue weighted by Crippen LogP contribution is 2.68. The molecule has 0 radical (unpaired) electrons. The van der Waals surface area contributed by atoms with Crippen molar-refractivity contribution >= 4 is 51.6 Å². The Labute approximate surface area is 255 Å². The lowest BCUT2D eigenvalue weighted by Gasteiger charge is -2.61. The maximum absolute atomic E-state index is 13.5. The number of anilines is 2. The van der Waals surface area contributed by atoms with Gasteiger partial charge in [-0.25, -0.2) is 0 Å². The van der Waals surface area contributed by atoms with Crippen LogP contribution in [0.1, 0.15) is 70.2 Å². The number of carbonyl (C=O) groups is 3. The van der Waals surface area contributed by atoms with Crippen molar-refractivity contribution < 1.29 is 24.2 Å². The van der Waals surface area contributed by atoms with Crippen LogP contribution in [0.2, 0.25) is 0 Å². The largest absolute Gasteiger partial charge is 0.461 e. The fourth-order valence-electron chi connectivity index (χ4n) is 7.94. The highest BCUT2D eigenvalue weighted by molar-refractivity contribution is 8.01. The van der Waals surface area contributed by atoms with E-state index in [-0.39, 0.29) is 40.6 Å². The highest BCUT2D eigenvalue weighted by atomic mass is 32.2. The van der Waals surface area contributed by atoms with E-state index in [2.05, 4.69) is 42.9 Å². The number of amides is 1. The van der Waals surface area contributed by atoms with Crippen LogP contribution < -0.4 is 11.1 Å². The number of nitrogens with zero attached hydrogens (tertiary/aromatic N) is 2. The summed E-state index contributed by atoms with van der Waals surface area (Å²) in [6.45, 7) is 12.4. The number of carbonyl (C=O) groups excluding carboxylic acids is 3. The number of hydrogen-bond donors (Lipinski definition) is 3. The fraction of sp³-hybridized carbons (Fsp3) is 0.581. The monoisotopic (exact) mass is 612 g/mol. The number of aromatic nitrogens is 2. The number of benzene rings is 1. The predicted molar refractivity (Wildman–Crippen MR) is 164 cm³/mol. The third-order valence-corrected chi connectivity index (χ3v) is 12.6. The summed E-state index contributed by atoms with van der Waals surface area (Å²) in [6.07, 6.45) is 3.97. The van der Waals surface area contributed by atoms with E-state index in [9.17, 15) is 19.5 Å². The van der Waals surface area contributed by atoms with Gasteiger partial charge in [0.15, 0.2) is 4.34 Å². The molecule has 3 aliphatic carbocycles. The molecule has 42 heavy (non-hydrogen) atoms. The number of nitrogen functional groups attached to an aromatic ring is 1. The lowest BCUT2D eigenvalue weighted by molar-refractivity contribution is -0.205. The van der Waals surface area contributed by atoms with E-state index < -0.39 is 29.0 Å². The van der Waals surface area contributed by atoms with E-state index in [0.717, 1.165) is 19.3 Å². The Hall–Kier alpha value is -2.76. The summed E-state index contributed by atoms with van der Waals surface area (Å²) in [7, 11) is 0. The zero-order chi connectivity index (χ0) is 30.4. The first-order chi connectivity index (χ1) is 19.8. The van der Waals surface area contributed by atoms with Crippen molar-refractivity contribution in [2.75, 3.05) is 16.8 Å². The molecule has 4 N–H and O–H groups in total. The SMILES string of the molecule is C=C[C@]1(C)C[C@@H](OC(=O)CSc2nnc(NC(=O)c3ccc(N)cc3)s2)[C@]2(C)[C@H](C)CC[C@]3(CCC(=O)[C@H]32)[C@@H](C)[C@@H]1O. The number of nitrogens with two attached hydrogens (primary N) is 1. The molecule has 2 aromatic rings. The minimum Gasteiger partial charge on any atom is -0.461 e. The van der Waals surface area contributed by atoms with Crippen LogP contribution in [-0.4, -0.2) is 50.9 Å². The number of nitrogens with one attached hydrogen (secondary N) is 1. The molecule has 5 rings (SSSR count). The summed E-state index contributed by atoms with van der Waals surface area (Å²) in [6, 6.07) is 6.54. The van der Waals surface area contributed by atoms with Crippen LogP contribution in [0.4, 0.5) is 10.8 Å². The fourth-order valence-corrected chi connectivity index (χ4v) is 9.47. The minimum absolute atomic E-state index is 0.00494. The van der Waals surface area contributed by atoms with E-state index in [0.29, 0.717) is 33.6 Å². The number of esters is 1. The van der Waals surface area contributed by atoms with Crippen molar-refractivity contribution in [2.45, 2.75) is 76.3 Å². The first-order valence-corrected chi connectivity index (χ1v) is 16.3. The Morgan fingerprint density at radius 2 is 1.95 bits per heavy atom. The third kappa shape index (κ3) is 5.17. The van der Waals surface area contributed by atoms with E-state index in [1.807, 2.05) is 6.92 Å². The number of ether oxygens (including phenoxy) is 1. The lowest BCUT2D eigenvalue weighted by Crippen LogP contribution is -2.63. The van der Waals surface area contributed by atoms with E-state index in [4.69, 9.17) is 10.5 Å². The molecule has 1 aromatic carbocycles. The summed E-state index contributed by atoms with van der Waals surface area (Å²) in [4.78, 5) is 39.4. The molecule has 3 fully saturated rings. The van der Waals surface area contributed by atoms with Crippen LogP contribution >= 0.6 is 23.1 Å². The average Bonchev–Trinajstić information content (AvgIpc) is 3.57. The number of aliphatic hydroxyl groups excluding tert-OH is 1. The average molecular weight is 613 g/mol. The lowest BCUT2D eigenvalue weighted by atomic mass is 9.44. The van der Waals surface area contributed by atoms with Gasteiger partial charge in [-0.3, -0.25) is 19.7 Å². The number of Topliss-reactive ketones (excluding diaryl/α,β-unsaturated/α-hetero) is 1. The molecular weight excluding hydrogens is 572 g/mol. The summed E-state index contributed by atoms with van der Waals surface area (Å²) < 4.78 is 6.80. The van der Waals surface area contributed by atoms with Gasteiger partial charge >= 0.3 is 5.97 Å². The van der Waals surface area contributed by atoms with Crippen LogP contribution in [0.3, 0.4) is 0 Å². The van der Waals surface area contributed by atoms with Crippen molar-refractivity contribution in [3.8, 4) is 0 Å². The Morgan fingerprint density at radius 1 is 1.24 bits per heavy atom. The number of ketones is 1. The molecule has 0 aliphatic heterocycles. The van der Waals surface area contributed by atoms with Gasteiger partial charge in [-0.05, 0) is 67.2 Å². The molecular formula is C31H40N4O5S2. The Bertz CT molecular complexity index is 1380. The second kappa shape index (κ2) is 11.4. The van der Waals surface area contributed by atoms with Crippen molar-refractivity contribution in [3.05, 3.63) is 42.5 Å². The molecule has 9 nitrogen and oxygen atoms in total. The number of aliphatic hydroxyl groups is 1. The summed E-state index contributed by atoms with van der Waals surface area (Å²) in [5, 5.41) is 22.8. The molecule has 0 spiro atoms. The molecule has 0 saturated heterocycles. The number of rotatable bonds is 7. The van der Waals surface area contributed by atoms with Crippen molar-refractivity contribution in [3.63, 3.8) is 0 Å². The molecule has 1 aromatic heterocycles. The van der Waals surface area contributed by atoms with Crippen molar-refractivity contribution in [2.24, 2.45) is 34.0 Å². The summed E-state index contributed by atoms with van der Waals surface area (Å²) in [5.74, 6) is -0.720. The van der Waals surface area contributed by atoms with Gasteiger partial charge in [-0.15, -0.1) is 16.8 Å². The molecule has 3 saturated carbocycles. The Kier molecular flexibility index (Phi) is 8.32. The molecule has 8 atom stereocenters. The van der Waals surface area contributed by atoms with Crippen LogP contribution in [0.15, 0.2) is 41.3 Å². The molecule has 1 heterocycles. The van der Waals surface area contributed by atoms with Crippen LogP contribution in [0.25, 0.3) is 0 Å². The van der Waals surface area contributed by atoms with Gasteiger partial charge in [-0.1, -0.05) is 56.9 Å². The molecule has 226 valence electrons. The minimum atomic E-state index is -0.708. The van der Waals surface area contributed by atoms with Gasteiger partial charge in [-0.2, -0.15) is 0 Å². The normalized spacial score (nSPS) is 35.9. The number of hydrogen-bond acceptors (Lipinski definition) is 10. The Balaban J connectivity index is 1.32. The summed E-state index contributed by atoms with van der Waals surface area (Å²) >= 11 is 2.36. The van der Waals surface area contributed by atoms with Crippen LogP contribution in [0.5, 0.6) is 0 Å². The van der Waals surface area contributed by atoms with Gasteiger partial charge in [0.2, 0.25) is 5.13 Å². The summed E-state index contributed by atoms with van der Waals surface area (Å²) in [5.41, 5.74) is 5.13. The second-order valence-electron chi connectivity index (χ2n) is 12.8. The molecule has 3 aliphatic rings. The first kappa shape index (κ1) is 30.7. The molecule has 0 unspecified atom stereocenters. The maximum Gasteiger partial charge on any atom is 0.316 e. The molecule has 2 bridgehead atoms. The predicted octanol–water partition coefficient (Wildman–Crippen LogP) is 5.37. The highest BCUT2D eigenvalue weighted by Gasteiger charge is 2.68. The third-order valence-electron chi connectivity index (χ3n) is 10.7. The molecule has 11 heteroatoms. The number of thioether (sulfide) groups is 1. The van der Waals surface area contributed by atoms with E-state index >= 15 is 0 Å². The van der Waals surface area contributed by atoms with Crippen molar-refractivity contribution in [1.82, 2.24) is 10.2 Å². The Morgan fingerprint density at radius 3 is 2.64 bits per heavy atom. The van der Waals surface area contributed by atoms with E-state index in [1.54, 1.807) is 30.3 Å². The van der Waals surface area contributed by atoms with Gasteiger partial charge < -0.3 is 15.6 Å². The van der Waals surface area contributed by atoms with Gasteiger partial charge in [0.1, 0.15) is 11.9 Å². The van der Waals surface area contributed by atoms with Gasteiger partial charge in [0.25, 0.3) is 5.91 Å². The quantitative estimate of drug-likeness (QED) is 0.124. The van der Waals surface area contributed by atoms with Crippen molar-refractivity contribution in [1.29, 1.82) is 0 Å². The smallest absolute Gasteiger partial charge is 0.316 e. The van der Waals surface area contributed by atoms with Crippen LogP contribution in [-0.2, 0) is 14.3 Å². The maximum atomic E-state index is 13.5. The standard InChI is InChI=1S/C31H40N4O5S2/c1-6-29(4)15-22(30(5)17(2)11-13-31(18(3)25(29)38)14-12-21(36)24(30)31)40-23(37)16-41-28-35-34-27(42-28)33-26(39)19-7-9-20(32)10-8-19/h6-10,17-18,22,24-25,38H,1,11-16,32H2,2-5H3,(H,33,34,39)/t17-,18+,22-,24+,25+,29-,30+,31+/m1/s1. The topological polar surface area (TPSA) is 144 Å². The molecule has 1 amide bonds. The van der Waals surface area contributed by atoms with Crippen LogP contribution in [0, 0.1) is 34.0 Å². The zero-order valence-electron chi connectivity index (χ0n) is 24.6. The van der Waals surface area contributed by atoms with E-state index in [1.165, 1.54) is 23.1 Å². The zero-order valence-corrected chi connectivity index (χ0v) is 26.2. The van der Waals surface area contributed by atoms with Gasteiger partial charge in [0, 0.05) is 34.4 Å². The first-order valence-electron chi connectivity index (χ1n) is 14.5. The van der Waals surface area contributed by atoms with Gasteiger partial charge in [0.05, 0.1) is 11.9 Å².